The second kappa shape index (κ2) is 15.6. The van der Waals surface area contributed by atoms with Crippen LogP contribution >= 0.6 is 0 Å². The Morgan fingerprint density at radius 1 is 1.09 bits per heavy atom. The third-order valence-corrected chi connectivity index (χ3v) is 9.68. The number of benzene rings is 1. The van der Waals surface area contributed by atoms with Crippen LogP contribution < -0.4 is 26.4 Å². The number of aliphatic imine (C=N–C) groups is 1. The number of hydrogen-bond donors (Lipinski definition) is 4. The fourth-order valence-electron chi connectivity index (χ4n) is 7.12. The lowest BCUT2D eigenvalue weighted by Gasteiger charge is -2.36. The number of unbranched alkanes of at least 4 members (excludes halogenated alkanes) is 2. The van der Waals surface area contributed by atoms with Gasteiger partial charge in [-0.05, 0) is 76.3 Å². The van der Waals surface area contributed by atoms with Gasteiger partial charge in [-0.25, -0.2) is 19.9 Å². The summed E-state index contributed by atoms with van der Waals surface area (Å²) in [6.45, 7) is 3.42. The molecule has 3 aromatic heterocycles. The first-order valence-electron chi connectivity index (χ1n) is 17.5. The van der Waals surface area contributed by atoms with Crippen molar-refractivity contribution in [3.63, 3.8) is 0 Å². The maximum absolute atomic E-state index is 14.5. The highest BCUT2D eigenvalue weighted by atomic mass is 19.4. The number of anilines is 3. The Hall–Kier alpha value is -5.59. The zero-order valence-corrected chi connectivity index (χ0v) is 29.8. The summed E-state index contributed by atoms with van der Waals surface area (Å²) >= 11 is 0. The molecular weight excluding hydrogens is 734 g/mol. The van der Waals surface area contributed by atoms with E-state index in [1.807, 2.05) is 0 Å². The Balaban J connectivity index is 1.11. The van der Waals surface area contributed by atoms with Crippen LogP contribution in [0.2, 0.25) is 0 Å². The molecule has 19 heteroatoms. The molecule has 0 bridgehead atoms. The number of ether oxygens (including phenoxy) is 1. The van der Waals surface area contributed by atoms with Gasteiger partial charge in [0.15, 0.2) is 23.6 Å². The Bertz CT molecular complexity index is 2170. The largest absolute Gasteiger partial charge is 0.417 e. The first-order valence-corrected chi connectivity index (χ1v) is 17.5. The molecule has 0 radical (unpaired) electrons. The maximum Gasteiger partial charge on any atom is 0.417 e. The number of aryl methyl sites for hydroxylation is 1. The average molecular weight is 773 g/mol. The smallest absolute Gasteiger partial charge is 0.382 e. The maximum atomic E-state index is 14.5. The molecular formula is C36H38F6N10O3. The molecule has 3 atom stereocenters. The molecule has 0 spiro atoms. The number of carbonyl (C=O) groups excluding carboxylic acids is 1. The molecule has 5 N–H and O–H groups in total. The number of hydrogen-bond acceptors (Lipinski definition) is 9. The van der Waals surface area contributed by atoms with Gasteiger partial charge in [0.25, 0.3) is 0 Å². The highest BCUT2D eigenvalue weighted by molar-refractivity contribution is 6.01. The van der Waals surface area contributed by atoms with Gasteiger partial charge >= 0.3 is 12.4 Å². The van der Waals surface area contributed by atoms with Gasteiger partial charge in [0.2, 0.25) is 11.5 Å². The molecule has 0 saturated carbocycles. The molecule has 2 unspecified atom stereocenters. The quantitative estimate of drug-likeness (QED) is 0.0586. The van der Waals surface area contributed by atoms with Crippen LogP contribution in [0.25, 0.3) is 22.2 Å². The Labute approximate surface area is 310 Å². The standard InChI is InChI=1S/C36H38F6N10O3/c1-19-6-11-28(52(19)21-7-9-25-23(14-21)24(35(37,38)39)15-29(53)49-25)31(36(40,41)42)55-13-5-3-4-12-51-30(54)17-46-33-34(51)50-27(16-45-33)22-8-10-26(48-20(22)2)32(44)47-18-43/h7-10,14-16,18-19,28,31H,3-6,11-13,17H2,1-2H3,(H,45,46)(H,49,53)(H3,43,44,47)/t19-,28?,31?/m0/s1. The summed E-state index contributed by atoms with van der Waals surface area (Å²) in [4.78, 5) is 47.4. The number of aromatic amines is 1. The summed E-state index contributed by atoms with van der Waals surface area (Å²) in [7, 11) is 0. The number of alkyl halides is 6. The number of nitrogens with zero attached hydrogens (tertiary/aromatic N) is 6. The minimum Gasteiger partial charge on any atom is -0.382 e. The molecule has 1 saturated heterocycles. The van der Waals surface area contributed by atoms with Crippen molar-refractivity contribution in [2.24, 2.45) is 10.7 Å². The van der Waals surface area contributed by atoms with E-state index in [1.165, 1.54) is 28.0 Å². The van der Waals surface area contributed by atoms with E-state index in [0.29, 0.717) is 59.6 Å². The number of rotatable bonds is 12. The monoisotopic (exact) mass is 772 g/mol. The van der Waals surface area contributed by atoms with Crippen LogP contribution in [0.3, 0.4) is 0 Å². The predicted octanol–water partition coefficient (Wildman–Crippen LogP) is 5.95. The fourth-order valence-corrected chi connectivity index (χ4v) is 7.12. The first-order chi connectivity index (χ1) is 26.1. The van der Waals surface area contributed by atoms with E-state index in [0.717, 1.165) is 6.34 Å². The zero-order valence-electron chi connectivity index (χ0n) is 29.8. The predicted molar refractivity (Wildman–Crippen MR) is 195 cm³/mol. The van der Waals surface area contributed by atoms with Gasteiger partial charge in [0, 0.05) is 53.1 Å². The second-order valence-electron chi connectivity index (χ2n) is 13.4. The van der Waals surface area contributed by atoms with E-state index in [2.05, 4.69) is 30.2 Å². The van der Waals surface area contributed by atoms with Crippen molar-refractivity contribution in [1.82, 2.24) is 19.9 Å². The number of aromatic nitrogens is 4. The first kappa shape index (κ1) is 39.1. The molecule has 292 valence electrons. The topological polar surface area (TPSA) is 179 Å². The van der Waals surface area contributed by atoms with E-state index in [4.69, 9.17) is 15.9 Å². The van der Waals surface area contributed by atoms with E-state index in [-0.39, 0.29) is 60.9 Å². The van der Waals surface area contributed by atoms with Crippen LogP contribution in [0, 0.1) is 12.3 Å². The van der Waals surface area contributed by atoms with Crippen molar-refractivity contribution < 1.29 is 35.9 Å². The molecule has 0 aliphatic carbocycles. The number of halogens is 6. The Morgan fingerprint density at radius 3 is 2.58 bits per heavy atom. The Morgan fingerprint density at radius 2 is 1.87 bits per heavy atom. The molecule has 5 heterocycles. The molecule has 4 aromatic rings. The van der Waals surface area contributed by atoms with Gasteiger partial charge < -0.3 is 25.7 Å². The highest BCUT2D eigenvalue weighted by Crippen LogP contribution is 2.41. The van der Waals surface area contributed by atoms with E-state index in [9.17, 15) is 35.9 Å². The Kier molecular flexibility index (Phi) is 11.1. The molecule has 1 fully saturated rings. The minimum atomic E-state index is -4.85. The van der Waals surface area contributed by atoms with Gasteiger partial charge in [0.1, 0.15) is 12.0 Å². The van der Waals surface area contributed by atoms with Gasteiger partial charge in [-0.2, -0.15) is 26.3 Å². The number of nitrogens with two attached hydrogens (primary N) is 1. The van der Waals surface area contributed by atoms with E-state index in [1.54, 1.807) is 32.2 Å². The molecule has 2 aliphatic rings. The fraction of sp³-hybridized carbons (Fsp3) is 0.417. The molecule has 55 heavy (non-hydrogen) atoms. The average Bonchev–Trinajstić information content (AvgIpc) is 3.50. The van der Waals surface area contributed by atoms with Crippen LogP contribution in [0.1, 0.15) is 56.0 Å². The number of pyridine rings is 2. The summed E-state index contributed by atoms with van der Waals surface area (Å²) in [5.41, 5.74) is 5.84. The number of amides is 1. The van der Waals surface area contributed by atoms with Crippen LogP contribution in [0.15, 0.2) is 52.4 Å². The van der Waals surface area contributed by atoms with Crippen molar-refractivity contribution in [2.75, 3.05) is 34.8 Å². The summed E-state index contributed by atoms with van der Waals surface area (Å²) in [6, 6.07) is 6.02. The van der Waals surface area contributed by atoms with Crippen LogP contribution in [0.5, 0.6) is 0 Å². The van der Waals surface area contributed by atoms with E-state index < -0.39 is 41.7 Å². The molecule has 13 nitrogen and oxygen atoms in total. The van der Waals surface area contributed by atoms with Crippen LogP contribution in [0.4, 0.5) is 43.7 Å². The van der Waals surface area contributed by atoms with Crippen molar-refractivity contribution in [1.29, 1.82) is 5.41 Å². The van der Waals surface area contributed by atoms with Crippen molar-refractivity contribution in [3.8, 4) is 11.3 Å². The lowest BCUT2D eigenvalue weighted by molar-refractivity contribution is -0.226. The SMILES string of the molecule is Cc1nc(C(N)=NC=N)ccc1-c1cnc2c(n1)N(CCCCCOC(C1CC[C@H](C)N1c1ccc3[nH]c(=O)cc(C(F)(F)F)c3c1)C(F)(F)F)C(=O)CN2. The van der Waals surface area contributed by atoms with Crippen LogP contribution in [-0.2, 0) is 15.7 Å². The summed E-state index contributed by atoms with van der Waals surface area (Å²) < 4.78 is 90.7. The number of H-pyrrole nitrogens is 1. The third-order valence-electron chi connectivity index (χ3n) is 9.68. The summed E-state index contributed by atoms with van der Waals surface area (Å²) in [5.74, 6) is 0.511. The molecule has 1 amide bonds. The molecule has 1 aromatic carbocycles. The van der Waals surface area contributed by atoms with Gasteiger partial charge in [-0.15, -0.1) is 0 Å². The van der Waals surface area contributed by atoms with Gasteiger partial charge in [-0.3, -0.25) is 19.9 Å². The zero-order chi connectivity index (χ0) is 39.7. The number of carbonyl (C=O) groups is 1. The second-order valence-corrected chi connectivity index (χ2v) is 13.4. The normalized spacial score (nSPS) is 18.4. The van der Waals surface area contributed by atoms with E-state index >= 15 is 0 Å². The van der Waals surface area contributed by atoms with Crippen molar-refractivity contribution in [2.45, 2.75) is 76.5 Å². The summed E-state index contributed by atoms with van der Waals surface area (Å²) in [6.07, 6.45) is -7.94. The van der Waals surface area contributed by atoms with Gasteiger partial charge in [0.05, 0.1) is 30.0 Å². The van der Waals surface area contributed by atoms with Crippen LogP contribution in [-0.4, -0.2) is 82.1 Å². The van der Waals surface area contributed by atoms with Gasteiger partial charge in [-0.1, -0.05) is 0 Å². The third kappa shape index (κ3) is 8.40. The number of nitrogens with one attached hydrogen (secondary N) is 3. The number of amidine groups is 1. The minimum absolute atomic E-state index is 0.0126. The number of fused-ring (bicyclic) bond motifs is 2. The highest BCUT2D eigenvalue weighted by Gasteiger charge is 2.50. The molecule has 2 aliphatic heterocycles. The van der Waals surface area contributed by atoms with Crippen molar-refractivity contribution >= 4 is 46.3 Å². The van der Waals surface area contributed by atoms with Crippen molar-refractivity contribution in [3.05, 3.63) is 69.9 Å². The molecule has 6 rings (SSSR count). The summed E-state index contributed by atoms with van der Waals surface area (Å²) in [5, 5.41) is 9.74. The lowest BCUT2D eigenvalue weighted by Crippen LogP contribution is -2.50. The lowest BCUT2D eigenvalue weighted by atomic mass is 10.0.